The summed E-state index contributed by atoms with van der Waals surface area (Å²) in [5.41, 5.74) is -0.283. The molecule has 2 rings (SSSR count). The van der Waals surface area contributed by atoms with Crippen LogP contribution in [0.3, 0.4) is 0 Å². The second-order valence-electron chi connectivity index (χ2n) is 5.96. The Balaban J connectivity index is 2.04. The van der Waals surface area contributed by atoms with Crippen molar-refractivity contribution in [2.45, 2.75) is 28.2 Å². The van der Waals surface area contributed by atoms with Crippen LogP contribution in [0.2, 0.25) is 0 Å². The number of hydrogen-bond donors (Lipinski definition) is 4. The van der Waals surface area contributed by atoms with Crippen LogP contribution in [0.15, 0.2) is 9.93 Å². The standard InChI is InChI=1S/C14H15Cl3N2O8S2/c1-4(20)6-8(21)19-7(11(24)25)12(29-9(6)19)28-2-5(10(22)23)18-13(26)27-3-14(15,16)17/h4-6,9,20H,2-3H2,1H3,(H,18,26)(H,22,23)(H,24,25)/t4?,5-,6+,9-/m1/s1. The van der Waals surface area contributed by atoms with Gasteiger partial charge in [0.1, 0.15) is 18.0 Å². The van der Waals surface area contributed by atoms with Crippen molar-refractivity contribution in [2.24, 2.45) is 5.92 Å². The number of aliphatic hydroxyl groups excluding tert-OH is 1. The molecule has 2 heterocycles. The normalized spacial score (nSPS) is 23.2. The lowest BCUT2D eigenvalue weighted by Gasteiger charge is -2.43. The first-order valence-electron chi connectivity index (χ1n) is 7.84. The minimum absolute atomic E-state index is 0.196. The van der Waals surface area contributed by atoms with Gasteiger partial charge in [-0.2, -0.15) is 0 Å². The SMILES string of the molecule is CC(O)[C@H]1C(=O)N2C(C(=O)O)=C(SC[C@@H](NC(=O)OCC(Cl)(Cl)Cl)C(=O)O)S[C@H]12. The van der Waals surface area contributed by atoms with Crippen molar-refractivity contribution in [2.75, 3.05) is 12.4 Å². The summed E-state index contributed by atoms with van der Waals surface area (Å²) in [6, 6.07) is -1.44. The third kappa shape index (κ3) is 5.76. The minimum Gasteiger partial charge on any atom is -0.480 e. The molecule has 0 aliphatic carbocycles. The Morgan fingerprint density at radius 2 is 1.97 bits per heavy atom. The molecule has 2 aliphatic rings. The zero-order valence-corrected chi connectivity index (χ0v) is 18.4. The number of carboxylic acids is 2. The molecule has 0 bridgehead atoms. The van der Waals surface area contributed by atoms with Crippen molar-refractivity contribution in [3.05, 3.63) is 9.93 Å². The van der Waals surface area contributed by atoms with Crippen molar-refractivity contribution < 1.29 is 39.2 Å². The number of fused-ring (bicyclic) bond motifs is 1. The lowest BCUT2D eigenvalue weighted by Crippen LogP contribution is -2.60. The fraction of sp³-hybridized carbons (Fsp3) is 0.571. The Bertz CT molecular complexity index is 758. The zero-order chi connectivity index (χ0) is 22.1. The monoisotopic (exact) mass is 508 g/mol. The van der Waals surface area contributed by atoms with Crippen LogP contribution in [-0.4, -0.2) is 77.8 Å². The molecule has 29 heavy (non-hydrogen) atoms. The number of carboxylic acid groups (broad SMARTS) is 2. The minimum atomic E-state index is -1.87. The second-order valence-corrected chi connectivity index (χ2v) is 10.9. The molecule has 15 heteroatoms. The Morgan fingerprint density at radius 3 is 2.45 bits per heavy atom. The summed E-state index contributed by atoms with van der Waals surface area (Å²) in [7, 11) is 0. The molecular formula is C14H15Cl3N2O8S2. The number of aliphatic carboxylic acids is 2. The highest BCUT2D eigenvalue weighted by Gasteiger charge is 2.57. The topological polar surface area (TPSA) is 153 Å². The number of nitrogens with zero attached hydrogens (tertiary/aromatic N) is 1. The molecule has 2 aliphatic heterocycles. The number of alkyl halides is 3. The van der Waals surface area contributed by atoms with Gasteiger partial charge in [0.25, 0.3) is 0 Å². The van der Waals surface area contributed by atoms with Gasteiger partial charge in [-0.15, -0.1) is 11.8 Å². The number of halogens is 3. The van der Waals surface area contributed by atoms with Gasteiger partial charge >= 0.3 is 18.0 Å². The first kappa shape index (κ1) is 24.2. The highest BCUT2D eigenvalue weighted by molar-refractivity contribution is 8.22. The maximum Gasteiger partial charge on any atom is 0.408 e. The maximum absolute atomic E-state index is 12.1. The average Bonchev–Trinajstić information content (AvgIpc) is 2.89. The Morgan fingerprint density at radius 1 is 1.34 bits per heavy atom. The van der Waals surface area contributed by atoms with Gasteiger partial charge in [0.2, 0.25) is 9.70 Å². The third-order valence-corrected chi connectivity index (χ3v) is 6.88. The van der Waals surface area contributed by atoms with E-state index in [1.165, 1.54) is 6.92 Å². The average molecular weight is 510 g/mol. The molecule has 1 saturated heterocycles. The Kier molecular flexibility index (Phi) is 7.85. The molecule has 2 amide bonds. The molecule has 0 spiro atoms. The molecule has 162 valence electrons. The van der Waals surface area contributed by atoms with Gasteiger partial charge in [-0.05, 0) is 6.92 Å². The lowest BCUT2D eigenvalue weighted by atomic mass is 9.92. The van der Waals surface area contributed by atoms with E-state index in [4.69, 9.17) is 34.8 Å². The summed E-state index contributed by atoms with van der Waals surface area (Å²) < 4.78 is 2.93. The molecule has 0 aromatic rings. The van der Waals surface area contributed by atoms with Gasteiger partial charge in [0, 0.05) is 5.75 Å². The summed E-state index contributed by atoms with van der Waals surface area (Å²) in [4.78, 5) is 47.8. The molecular weight excluding hydrogens is 495 g/mol. The van der Waals surface area contributed by atoms with Gasteiger partial charge in [0.15, 0.2) is 5.70 Å². The van der Waals surface area contributed by atoms with E-state index in [0.717, 1.165) is 28.4 Å². The van der Waals surface area contributed by atoms with Crippen LogP contribution in [0.5, 0.6) is 0 Å². The lowest BCUT2D eigenvalue weighted by molar-refractivity contribution is -0.156. The number of nitrogens with one attached hydrogen (secondary N) is 1. The second kappa shape index (κ2) is 9.40. The number of β-lactam (4-membered cyclic amide) rings is 1. The predicted molar refractivity (Wildman–Crippen MR) is 107 cm³/mol. The van der Waals surface area contributed by atoms with Gasteiger partial charge in [-0.25, -0.2) is 14.4 Å². The number of aliphatic hydroxyl groups is 1. The highest BCUT2D eigenvalue weighted by atomic mass is 35.6. The number of hydrogen-bond acceptors (Lipinski definition) is 8. The van der Waals surface area contributed by atoms with Crippen LogP contribution >= 0.6 is 58.3 Å². The van der Waals surface area contributed by atoms with Gasteiger partial charge in [-0.3, -0.25) is 9.69 Å². The summed E-state index contributed by atoms with van der Waals surface area (Å²) in [6.07, 6.45) is -2.10. The van der Waals surface area contributed by atoms with E-state index in [0.29, 0.717) is 0 Å². The van der Waals surface area contributed by atoms with Gasteiger partial charge in [0.05, 0.1) is 16.3 Å². The van der Waals surface area contributed by atoms with E-state index in [1.807, 2.05) is 0 Å². The van der Waals surface area contributed by atoms with Crippen LogP contribution in [0.25, 0.3) is 0 Å². The molecule has 0 aromatic carbocycles. The Labute approximate surface area is 187 Å². The summed E-state index contributed by atoms with van der Waals surface area (Å²) in [5.74, 6) is -4.29. The van der Waals surface area contributed by atoms with Crippen molar-refractivity contribution in [3.8, 4) is 0 Å². The zero-order valence-electron chi connectivity index (χ0n) is 14.5. The van der Waals surface area contributed by atoms with Crippen molar-refractivity contribution in [1.82, 2.24) is 10.2 Å². The van der Waals surface area contributed by atoms with Crippen LogP contribution in [-0.2, 0) is 19.1 Å². The van der Waals surface area contributed by atoms with Crippen molar-refractivity contribution >= 4 is 82.3 Å². The molecule has 1 unspecified atom stereocenters. The van der Waals surface area contributed by atoms with E-state index in [-0.39, 0.29) is 15.7 Å². The number of thioether (sulfide) groups is 2. The summed E-state index contributed by atoms with van der Waals surface area (Å²) >= 11 is 18.2. The summed E-state index contributed by atoms with van der Waals surface area (Å²) in [5, 5.41) is 29.9. The van der Waals surface area contributed by atoms with Gasteiger partial charge < -0.3 is 25.4 Å². The first-order valence-corrected chi connectivity index (χ1v) is 10.8. The van der Waals surface area contributed by atoms with E-state index in [9.17, 15) is 34.5 Å². The van der Waals surface area contributed by atoms with Gasteiger partial charge in [-0.1, -0.05) is 46.6 Å². The van der Waals surface area contributed by atoms with Crippen molar-refractivity contribution in [1.29, 1.82) is 0 Å². The van der Waals surface area contributed by atoms with Crippen LogP contribution in [0.4, 0.5) is 4.79 Å². The Hall–Kier alpha value is -1.05. The van der Waals surface area contributed by atoms with E-state index in [2.05, 4.69) is 10.1 Å². The molecule has 0 saturated carbocycles. The fourth-order valence-corrected chi connectivity index (χ4v) is 5.64. The third-order valence-electron chi connectivity index (χ3n) is 3.81. The molecule has 0 aromatic heterocycles. The number of rotatable bonds is 8. The summed E-state index contributed by atoms with van der Waals surface area (Å²) in [6.45, 7) is 0.825. The largest absolute Gasteiger partial charge is 0.480 e. The fourth-order valence-electron chi connectivity index (χ4n) is 2.52. The number of alkyl carbamates (subject to hydrolysis) is 1. The molecule has 4 N–H and O–H groups in total. The molecule has 0 radical (unpaired) electrons. The highest BCUT2D eigenvalue weighted by Crippen LogP contribution is 2.53. The number of ether oxygens (including phenoxy) is 1. The molecule has 10 nitrogen and oxygen atoms in total. The maximum atomic E-state index is 12.1. The number of carbonyl (C=O) groups excluding carboxylic acids is 2. The van der Waals surface area contributed by atoms with E-state index >= 15 is 0 Å². The number of amides is 2. The van der Waals surface area contributed by atoms with Crippen LogP contribution in [0, 0.1) is 5.92 Å². The van der Waals surface area contributed by atoms with Crippen LogP contribution < -0.4 is 5.32 Å². The first-order chi connectivity index (χ1) is 13.3. The quantitative estimate of drug-likeness (QED) is 0.279. The van der Waals surface area contributed by atoms with Crippen LogP contribution in [0.1, 0.15) is 6.92 Å². The predicted octanol–water partition coefficient (Wildman–Crippen LogP) is 1.44. The molecule has 4 atom stereocenters. The van der Waals surface area contributed by atoms with Crippen molar-refractivity contribution in [3.63, 3.8) is 0 Å². The van der Waals surface area contributed by atoms with E-state index < -0.39 is 57.8 Å². The molecule has 1 fully saturated rings. The number of carbonyl (C=O) groups is 4. The van der Waals surface area contributed by atoms with E-state index in [1.54, 1.807) is 0 Å². The smallest absolute Gasteiger partial charge is 0.408 e.